The number of benzene rings is 2. The first-order valence-corrected chi connectivity index (χ1v) is 12.8. The van der Waals surface area contributed by atoms with Gasteiger partial charge in [0.25, 0.3) is 0 Å². The van der Waals surface area contributed by atoms with Crippen molar-refractivity contribution < 1.29 is 17.2 Å². The molecule has 1 saturated heterocycles. The number of aromatic nitrogens is 2. The molecule has 0 unspecified atom stereocenters. The zero-order valence-electron chi connectivity index (χ0n) is 19.1. The lowest BCUT2D eigenvalue weighted by Crippen LogP contribution is -2.37. The average molecular weight is 495 g/mol. The largest absolute Gasteiger partial charge is 0.384 e. The number of rotatable bonds is 4. The minimum Gasteiger partial charge on any atom is -0.384 e. The third-order valence-corrected chi connectivity index (χ3v) is 8.72. The van der Waals surface area contributed by atoms with Crippen molar-refractivity contribution in [3.63, 3.8) is 0 Å². The van der Waals surface area contributed by atoms with E-state index in [0.717, 1.165) is 0 Å². The van der Waals surface area contributed by atoms with Gasteiger partial charge in [0.2, 0.25) is 0 Å². The maximum absolute atomic E-state index is 15.5. The van der Waals surface area contributed by atoms with Crippen molar-refractivity contribution in [1.29, 1.82) is 0 Å². The Morgan fingerprint density at radius 1 is 0.943 bits per heavy atom. The molecule has 0 spiro atoms. The minimum atomic E-state index is -3.95. The highest BCUT2D eigenvalue weighted by molar-refractivity contribution is 7.92. The van der Waals surface area contributed by atoms with E-state index in [1.807, 2.05) is 7.05 Å². The Bertz CT molecular complexity index is 1520. The second-order valence-electron chi connectivity index (χ2n) is 8.85. The van der Waals surface area contributed by atoms with E-state index in [4.69, 9.17) is 5.73 Å². The van der Waals surface area contributed by atoms with E-state index in [-0.39, 0.29) is 27.5 Å². The number of hydrogen-bond donors (Lipinski definition) is 1. The number of nitrogens with two attached hydrogens (primary N) is 1. The highest BCUT2D eigenvalue weighted by Gasteiger charge is 2.34. The fourth-order valence-corrected chi connectivity index (χ4v) is 6.37. The van der Waals surface area contributed by atoms with Gasteiger partial charge in [-0.05, 0) is 44.6 Å². The minimum absolute atomic E-state index is 0.0130. The number of nitrogen functional groups attached to an aromatic ring is 1. The predicted octanol–water partition coefficient (Wildman–Crippen LogP) is 4.69. The van der Waals surface area contributed by atoms with Gasteiger partial charge in [0.1, 0.15) is 5.82 Å². The molecule has 2 aromatic carbocycles. The van der Waals surface area contributed by atoms with Crippen LogP contribution < -0.4 is 5.73 Å². The number of anilines is 1. The van der Waals surface area contributed by atoms with Crippen LogP contribution in [0.3, 0.4) is 0 Å². The summed E-state index contributed by atoms with van der Waals surface area (Å²) < 4.78 is 58.3. The molecule has 0 radical (unpaired) electrons. The van der Waals surface area contributed by atoms with Crippen LogP contribution in [-0.4, -0.2) is 48.7 Å². The molecule has 0 atom stereocenters. The molecule has 6 nitrogen and oxygen atoms in total. The van der Waals surface area contributed by atoms with Crippen LogP contribution in [0.5, 0.6) is 0 Å². The molecule has 0 aliphatic carbocycles. The summed E-state index contributed by atoms with van der Waals surface area (Å²) >= 11 is 0. The molecule has 4 aromatic rings. The number of halogens is 2. The van der Waals surface area contributed by atoms with Gasteiger partial charge in [-0.15, -0.1) is 0 Å². The van der Waals surface area contributed by atoms with Crippen molar-refractivity contribution in [2.75, 3.05) is 25.9 Å². The van der Waals surface area contributed by atoms with Crippen molar-refractivity contribution in [3.05, 3.63) is 72.4 Å². The highest BCUT2D eigenvalue weighted by Crippen LogP contribution is 2.37. The quantitative estimate of drug-likeness (QED) is 0.443. The third-order valence-electron chi connectivity index (χ3n) is 6.52. The molecule has 1 aliphatic rings. The zero-order valence-corrected chi connectivity index (χ0v) is 19.9. The van der Waals surface area contributed by atoms with Crippen molar-refractivity contribution in [2.24, 2.45) is 0 Å². The Balaban J connectivity index is 1.72. The summed E-state index contributed by atoms with van der Waals surface area (Å²) in [5, 5.41) is -0.461. The van der Waals surface area contributed by atoms with Crippen molar-refractivity contribution in [1.82, 2.24) is 14.9 Å². The lowest BCUT2D eigenvalue weighted by Gasteiger charge is -2.29. The normalized spacial score (nSPS) is 15.5. The Kier molecular flexibility index (Phi) is 5.98. The van der Waals surface area contributed by atoms with E-state index in [9.17, 15) is 8.42 Å². The second kappa shape index (κ2) is 8.98. The first-order chi connectivity index (χ1) is 16.8. The lowest BCUT2D eigenvalue weighted by molar-refractivity contribution is 0.277. The van der Waals surface area contributed by atoms with Crippen LogP contribution in [0.2, 0.25) is 0 Å². The number of hydrogen-bond acceptors (Lipinski definition) is 6. The van der Waals surface area contributed by atoms with E-state index in [2.05, 4.69) is 14.9 Å². The smallest absolute Gasteiger partial charge is 0.199 e. The average Bonchev–Trinajstić information content (AvgIpc) is 2.86. The summed E-state index contributed by atoms with van der Waals surface area (Å²) in [5.74, 6) is -1.99. The molecule has 0 saturated carbocycles. The van der Waals surface area contributed by atoms with Gasteiger partial charge < -0.3 is 10.6 Å². The topological polar surface area (TPSA) is 89.2 Å². The molecule has 9 heteroatoms. The van der Waals surface area contributed by atoms with Gasteiger partial charge in [0.15, 0.2) is 26.5 Å². The van der Waals surface area contributed by atoms with Gasteiger partial charge in [-0.25, -0.2) is 27.2 Å². The number of fused-ring (bicyclic) bond motifs is 1. The number of piperidine rings is 1. The van der Waals surface area contributed by atoms with E-state index in [1.165, 1.54) is 30.5 Å². The van der Waals surface area contributed by atoms with Crippen molar-refractivity contribution in [2.45, 2.75) is 23.1 Å². The Morgan fingerprint density at radius 2 is 1.60 bits per heavy atom. The summed E-state index contributed by atoms with van der Waals surface area (Å²) in [5.41, 5.74) is 6.58. The van der Waals surface area contributed by atoms with Crippen LogP contribution in [0.15, 0.2) is 65.8 Å². The van der Waals surface area contributed by atoms with E-state index < -0.39 is 26.7 Å². The number of sulfone groups is 1. The van der Waals surface area contributed by atoms with E-state index in [1.54, 1.807) is 30.3 Å². The highest BCUT2D eigenvalue weighted by atomic mass is 32.2. The zero-order chi connectivity index (χ0) is 24.7. The van der Waals surface area contributed by atoms with Gasteiger partial charge in [-0.2, -0.15) is 0 Å². The van der Waals surface area contributed by atoms with Gasteiger partial charge in [0.05, 0.1) is 10.8 Å². The first-order valence-electron chi connectivity index (χ1n) is 11.3. The molecular formula is C26H24F2N4O2S. The van der Waals surface area contributed by atoms with Gasteiger partial charge >= 0.3 is 0 Å². The van der Waals surface area contributed by atoms with Crippen molar-refractivity contribution in [3.8, 4) is 22.3 Å². The molecule has 180 valence electrons. The van der Waals surface area contributed by atoms with Crippen molar-refractivity contribution >= 4 is 26.6 Å². The van der Waals surface area contributed by atoms with Gasteiger partial charge in [0, 0.05) is 34.3 Å². The third kappa shape index (κ3) is 4.26. The molecule has 35 heavy (non-hydrogen) atoms. The van der Waals surface area contributed by atoms with Crippen LogP contribution >= 0.6 is 0 Å². The van der Waals surface area contributed by atoms with Crippen LogP contribution in [-0.2, 0) is 9.84 Å². The monoisotopic (exact) mass is 494 g/mol. The Morgan fingerprint density at radius 3 is 2.31 bits per heavy atom. The summed E-state index contributed by atoms with van der Waals surface area (Å²) in [6, 6.07) is 14.5. The summed E-state index contributed by atoms with van der Waals surface area (Å²) in [6.07, 6.45) is 2.31. The molecule has 5 rings (SSSR count). The van der Waals surface area contributed by atoms with Crippen LogP contribution in [0.1, 0.15) is 12.8 Å². The summed E-state index contributed by atoms with van der Waals surface area (Å²) in [6.45, 7) is 1.25. The van der Waals surface area contributed by atoms with Gasteiger partial charge in [-0.3, -0.25) is 0 Å². The van der Waals surface area contributed by atoms with Crippen LogP contribution in [0.25, 0.3) is 33.2 Å². The SMILES string of the molecule is CN1CCC(S(=O)(=O)c2nc3cc(N)ncc3cc2-c2ccc(-c3ccccc3)c(F)c2F)CC1. The molecule has 2 aromatic heterocycles. The second-order valence-corrected chi connectivity index (χ2v) is 11.0. The molecule has 0 bridgehead atoms. The molecule has 1 aliphatic heterocycles. The van der Waals surface area contributed by atoms with E-state index >= 15 is 8.78 Å². The maximum atomic E-state index is 15.5. The maximum Gasteiger partial charge on any atom is 0.199 e. The number of nitrogens with zero attached hydrogens (tertiary/aromatic N) is 3. The fraction of sp³-hybridized carbons (Fsp3) is 0.231. The summed E-state index contributed by atoms with van der Waals surface area (Å²) in [4.78, 5) is 10.5. The fourth-order valence-electron chi connectivity index (χ4n) is 4.53. The lowest BCUT2D eigenvalue weighted by atomic mass is 9.99. The predicted molar refractivity (Wildman–Crippen MR) is 132 cm³/mol. The summed E-state index contributed by atoms with van der Waals surface area (Å²) in [7, 11) is -2.01. The number of likely N-dealkylation sites (tertiary alicyclic amines) is 1. The van der Waals surface area contributed by atoms with E-state index in [0.29, 0.717) is 42.4 Å². The van der Waals surface area contributed by atoms with Crippen LogP contribution in [0, 0.1) is 11.6 Å². The van der Waals surface area contributed by atoms with Crippen LogP contribution in [0.4, 0.5) is 14.6 Å². The van der Waals surface area contributed by atoms with Gasteiger partial charge in [-0.1, -0.05) is 42.5 Å². The Labute approximate surface area is 202 Å². The Hall–Kier alpha value is -3.43. The molecular weight excluding hydrogens is 470 g/mol. The first kappa shape index (κ1) is 23.3. The molecule has 1 fully saturated rings. The standard InChI is InChI=1S/C26H24F2N4O2S/c1-32-11-9-18(10-12-32)35(33,34)26-21(13-17-15-30-23(29)14-22(17)31-26)20-8-7-19(24(27)25(20)28)16-5-3-2-4-6-16/h2-8,13-15,18H,9-12H2,1H3,(H2,29,30). The molecule has 2 N–H and O–H groups in total. The number of pyridine rings is 2. The molecule has 3 heterocycles. The molecule has 0 amide bonds.